The summed E-state index contributed by atoms with van der Waals surface area (Å²) in [6.07, 6.45) is 0. The first-order chi connectivity index (χ1) is 15.7. The summed E-state index contributed by atoms with van der Waals surface area (Å²) in [7, 11) is -0.915. The highest BCUT2D eigenvalue weighted by Crippen LogP contribution is 2.30. The van der Waals surface area contributed by atoms with Crippen molar-refractivity contribution in [2.24, 2.45) is 0 Å². The van der Waals surface area contributed by atoms with E-state index in [1.54, 1.807) is 23.6 Å². The fraction of sp³-hybridized carbons (Fsp3) is 0.143. The molecule has 0 aliphatic rings. The van der Waals surface area contributed by atoms with E-state index in [0.29, 0.717) is 17.2 Å². The third-order valence-electron chi connectivity index (χ3n) is 4.23. The standard InChI is InChI=1S/C21H20N2O8S2/c1-29-17-8-6-13(11-18(17)30-2)22-19(25)12-31-21(26)15-10-14(5-7-16(15)24)23-33(27,28)20-4-3-9-32-20/h3-11,23-24H,12H2,1-2H3,(H,22,25). The number of phenols is 1. The Kier molecular flexibility index (Phi) is 7.41. The molecule has 1 aromatic heterocycles. The summed E-state index contributed by atoms with van der Waals surface area (Å²) in [5.74, 6) is -1.19. The van der Waals surface area contributed by atoms with Crippen molar-refractivity contribution in [1.82, 2.24) is 0 Å². The van der Waals surface area contributed by atoms with E-state index in [1.807, 2.05) is 0 Å². The number of benzene rings is 2. The number of sulfonamides is 1. The molecular formula is C21H20N2O8S2. The Labute approximate surface area is 193 Å². The predicted molar refractivity (Wildman–Crippen MR) is 122 cm³/mol. The molecule has 0 aliphatic heterocycles. The number of methoxy groups -OCH3 is 2. The number of carbonyl (C=O) groups excluding carboxylic acids is 2. The van der Waals surface area contributed by atoms with Gasteiger partial charge in [-0.15, -0.1) is 11.3 Å². The molecule has 1 heterocycles. The summed E-state index contributed by atoms with van der Waals surface area (Å²) in [6, 6.07) is 11.3. The lowest BCUT2D eigenvalue weighted by Gasteiger charge is -2.12. The number of nitrogens with one attached hydrogen (secondary N) is 2. The number of hydrogen-bond acceptors (Lipinski definition) is 9. The number of ether oxygens (including phenoxy) is 3. The van der Waals surface area contributed by atoms with Crippen LogP contribution in [0.2, 0.25) is 0 Å². The van der Waals surface area contributed by atoms with Gasteiger partial charge in [0, 0.05) is 17.4 Å². The Morgan fingerprint density at radius 3 is 2.39 bits per heavy atom. The SMILES string of the molecule is COc1ccc(NC(=O)COC(=O)c2cc(NS(=O)(=O)c3cccs3)ccc2O)cc1OC. The molecule has 0 atom stereocenters. The molecule has 0 saturated carbocycles. The Balaban J connectivity index is 1.64. The average molecular weight is 493 g/mol. The van der Waals surface area contributed by atoms with Gasteiger partial charge in [-0.2, -0.15) is 0 Å². The molecule has 2 aromatic carbocycles. The van der Waals surface area contributed by atoms with Crippen molar-refractivity contribution in [2.45, 2.75) is 4.21 Å². The molecule has 10 nitrogen and oxygen atoms in total. The normalized spacial score (nSPS) is 10.8. The molecule has 0 saturated heterocycles. The van der Waals surface area contributed by atoms with E-state index in [2.05, 4.69) is 10.0 Å². The van der Waals surface area contributed by atoms with Gasteiger partial charge in [-0.25, -0.2) is 13.2 Å². The monoisotopic (exact) mass is 492 g/mol. The average Bonchev–Trinajstić information content (AvgIpc) is 3.34. The van der Waals surface area contributed by atoms with Crippen LogP contribution in [0.15, 0.2) is 58.1 Å². The maximum Gasteiger partial charge on any atom is 0.342 e. The van der Waals surface area contributed by atoms with Crippen molar-refractivity contribution in [3.8, 4) is 17.2 Å². The zero-order valence-corrected chi connectivity index (χ0v) is 19.2. The number of amides is 1. The first kappa shape index (κ1) is 23.9. The molecule has 12 heteroatoms. The molecule has 3 rings (SSSR count). The van der Waals surface area contributed by atoms with Gasteiger partial charge in [0.15, 0.2) is 18.1 Å². The molecule has 0 unspecified atom stereocenters. The summed E-state index contributed by atoms with van der Waals surface area (Å²) in [5, 5.41) is 14.1. The second-order valence-corrected chi connectivity index (χ2v) is 9.32. The van der Waals surface area contributed by atoms with Crippen LogP contribution < -0.4 is 19.5 Å². The third-order valence-corrected chi connectivity index (χ3v) is 7.01. The maximum absolute atomic E-state index is 12.4. The number of carbonyl (C=O) groups is 2. The minimum Gasteiger partial charge on any atom is -0.507 e. The quantitative estimate of drug-likeness (QED) is 0.306. The second-order valence-electron chi connectivity index (χ2n) is 6.46. The molecule has 1 amide bonds. The lowest BCUT2D eigenvalue weighted by molar-refractivity contribution is -0.119. The highest BCUT2D eigenvalue weighted by atomic mass is 32.2. The van der Waals surface area contributed by atoms with Crippen LogP contribution in [-0.4, -0.2) is 46.2 Å². The summed E-state index contributed by atoms with van der Waals surface area (Å²) >= 11 is 1.03. The molecule has 3 aromatic rings. The fourth-order valence-corrected chi connectivity index (χ4v) is 4.75. The van der Waals surface area contributed by atoms with Crippen molar-refractivity contribution >= 4 is 44.6 Å². The molecule has 174 valence electrons. The number of thiophene rings is 1. The Morgan fingerprint density at radius 1 is 1.00 bits per heavy atom. The first-order valence-corrected chi connectivity index (χ1v) is 11.7. The van der Waals surface area contributed by atoms with Crippen molar-refractivity contribution in [3.63, 3.8) is 0 Å². The minimum atomic E-state index is -3.85. The highest BCUT2D eigenvalue weighted by molar-refractivity contribution is 7.94. The van der Waals surface area contributed by atoms with Crippen molar-refractivity contribution in [3.05, 3.63) is 59.5 Å². The molecular weight excluding hydrogens is 472 g/mol. The number of aromatic hydroxyl groups is 1. The van der Waals surface area contributed by atoms with Crippen molar-refractivity contribution < 1.29 is 37.3 Å². The van der Waals surface area contributed by atoms with Crippen LogP contribution in [0.4, 0.5) is 11.4 Å². The summed E-state index contributed by atoms with van der Waals surface area (Å²) < 4.78 is 42.4. The van der Waals surface area contributed by atoms with Crippen LogP contribution in [0.1, 0.15) is 10.4 Å². The van der Waals surface area contributed by atoms with Gasteiger partial charge < -0.3 is 24.6 Å². The van der Waals surface area contributed by atoms with Crippen LogP contribution in [0.25, 0.3) is 0 Å². The summed E-state index contributed by atoms with van der Waals surface area (Å²) in [5.41, 5.74) is 0.129. The van der Waals surface area contributed by atoms with E-state index in [0.717, 1.165) is 23.5 Å². The molecule has 3 N–H and O–H groups in total. The predicted octanol–water partition coefficient (Wildman–Crippen LogP) is 3.07. The lowest BCUT2D eigenvalue weighted by Crippen LogP contribution is -2.21. The Bertz CT molecular complexity index is 1260. The van der Waals surface area contributed by atoms with Crippen LogP contribution in [0, 0.1) is 0 Å². The Hall–Kier alpha value is -3.77. The first-order valence-electron chi connectivity index (χ1n) is 9.32. The largest absolute Gasteiger partial charge is 0.507 e. The van der Waals surface area contributed by atoms with E-state index in [4.69, 9.17) is 14.2 Å². The molecule has 0 fully saturated rings. The number of rotatable bonds is 9. The van der Waals surface area contributed by atoms with Gasteiger partial charge in [0.1, 0.15) is 15.5 Å². The van der Waals surface area contributed by atoms with E-state index < -0.39 is 34.3 Å². The molecule has 0 aliphatic carbocycles. The fourth-order valence-electron chi connectivity index (χ4n) is 2.70. The number of esters is 1. The van der Waals surface area contributed by atoms with Gasteiger partial charge in [-0.05, 0) is 41.8 Å². The van der Waals surface area contributed by atoms with Crippen molar-refractivity contribution in [2.75, 3.05) is 30.9 Å². The zero-order chi connectivity index (χ0) is 24.0. The van der Waals surface area contributed by atoms with Crippen LogP contribution in [-0.2, 0) is 19.6 Å². The van der Waals surface area contributed by atoms with Crippen LogP contribution >= 0.6 is 11.3 Å². The highest BCUT2D eigenvalue weighted by Gasteiger charge is 2.19. The minimum absolute atomic E-state index is 0.0444. The van der Waals surface area contributed by atoms with Gasteiger partial charge in [0.05, 0.1) is 14.2 Å². The number of anilines is 2. The van der Waals surface area contributed by atoms with Gasteiger partial charge in [0.2, 0.25) is 0 Å². The van der Waals surface area contributed by atoms with E-state index in [1.165, 1.54) is 32.4 Å². The van der Waals surface area contributed by atoms with E-state index >= 15 is 0 Å². The van der Waals surface area contributed by atoms with Gasteiger partial charge in [-0.3, -0.25) is 9.52 Å². The molecule has 0 radical (unpaired) electrons. The van der Waals surface area contributed by atoms with Gasteiger partial charge in [0.25, 0.3) is 15.9 Å². The number of phenolic OH excluding ortho intramolecular Hbond substituents is 1. The van der Waals surface area contributed by atoms with Gasteiger partial charge in [-0.1, -0.05) is 6.07 Å². The van der Waals surface area contributed by atoms with Gasteiger partial charge >= 0.3 is 5.97 Å². The zero-order valence-electron chi connectivity index (χ0n) is 17.5. The molecule has 0 bridgehead atoms. The Morgan fingerprint density at radius 2 is 1.73 bits per heavy atom. The van der Waals surface area contributed by atoms with Crippen LogP contribution in [0.3, 0.4) is 0 Å². The number of hydrogen-bond donors (Lipinski definition) is 3. The van der Waals surface area contributed by atoms with E-state index in [-0.39, 0.29) is 15.5 Å². The smallest absolute Gasteiger partial charge is 0.342 e. The third kappa shape index (κ3) is 5.93. The van der Waals surface area contributed by atoms with E-state index in [9.17, 15) is 23.1 Å². The maximum atomic E-state index is 12.4. The summed E-state index contributed by atoms with van der Waals surface area (Å²) in [4.78, 5) is 24.5. The van der Waals surface area contributed by atoms with Crippen LogP contribution in [0.5, 0.6) is 17.2 Å². The summed E-state index contributed by atoms with van der Waals surface area (Å²) in [6.45, 7) is -0.641. The second kappa shape index (κ2) is 10.2. The lowest BCUT2D eigenvalue weighted by atomic mass is 10.2. The van der Waals surface area contributed by atoms with Crippen molar-refractivity contribution in [1.29, 1.82) is 0 Å². The molecule has 0 spiro atoms. The molecule has 33 heavy (non-hydrogen) atoms. The topological polar surface area (TPSA) is 140 Å².